The zero-order valence-corrected chi connectivity index (χ0v) is 14.2. The average molecular weight is 363 g/mol. The maximum absolute atomic E-state index is 12.5. The first kappa shape index (κ1) is 18.3. The van der Waals surface area contributed by atoms with E-state index in [1.165, 1.54) is 49.8 Å². The van der Waals surface area contributed by atoms with Crippen molar-refractivity contribution in [3.63, 3.8) is 0 Å². The van der Waals surface area contributed by atoms with Gasteiger partial charge < -0.3 is 4.74 Å². The summed E-state index contributed by atoms with van der Waals surface area (Å²) < 4.78 is 42.8. The van der Waals surface area contributed by atoms with E-state index in [4.69, 9.17) is 4.74 Å². The summed E-state index contributed by atoms with van der Waals surface area (Å²) in [6, 6.07) is 11.6. The second kappa shape index (κ2) is 7.81. The van der Waals surface area contributed by atoms with Gasteiger partial charge in [0.2, 0.25) is 0 Å². The van der Waals surface area contributed by atoms with Crippen LogP contribution in [0.2, 0.25) is 0 Å². The lowest BCUT2D eigenvalue weighted by Crippen LogP contribution is -2.17. The summed E-state index contributed by atoms with van der Waals surface area (Å²) in [6.45, 7) is 0. The minimum absolute atomic E-state index is 0.238. The summed E-state index contributed by atoms with van der Waals surface area (Å²) >= 11 is 0. The first-order chi connectivity index (χ1) is 12.4. The number of carbonyl (C=O) groups excluding carboxylic acids is 1. The van der Waals surface area contributed by atoms with Gasteiger partial charge >= 0.3 is 12.3 Å². The number of benzene rings is 2. The Morgan fingerprint density at radius 3 is 2.12 bits per heavy atom. The normalized spacial score (nSPS) is 15.5. The molecule has 0 saturated heterocycles. The third-order valence-corrected chi connectivity index (χ3v) is 4.63. The summed E-state index contributed by atoms with van der Waals surface area (Å²) in [4.78, 5) is 11.9. The molecule has 0 unspecified atom stereocenters. The monoisotopic (exact) mass is 363 g/mol. The van der Waals surface area contributed by atoms with Gasteiger partial charge in [0, 0.05) is 5.69 Å². The fraction of sp³-hybridized carbons (Fsp3) is 0.350. The van der Waals surface area contributed by atoms with Crippen molar-refractivity contribution >= 4 is 11.8 Å². The number of hydrogen-bond donors (Lipinski definition) is 1. The first-order valence-electron chi connectivity index (χ1n) is 8.68. The third kappa shape index (κ3) is 4.77. The molecule has 3 nitrogen and oxygen atoms in total. The van der Waals surface area contributed by atoms with Crippen molar-refractivity contribution in [1.82, 2.24) is 0 Å². The summed E-state index contributed by atoms with van der Waals surface area (Å²) in [7, 11) is 0. The predicted octanol–water partition coefficient (Wildman–Crippen LogP) is 6.36. The van der Waals surface area contributed by atoms with Crippen LogP contribution in [0.4, 0.5) is 23.7 Å². The number of anilines is 1. The summed E-state index contributed by atoms with van der Waals surface area (Å²) in [5, 5.41) is 2.42. The van der Waals surface area contributed by atoms with Crippen molar-refractivity contribution in [2.24, 2.45) is 0 Å². The molecule has 1 aliphatic rings. The molecule has 1 fully saturated rings. The van der Waals surface area contributed by atoms with Crippen molar-refractivity contribution in [2.75, 3.05) is 5.32 Å². The maximum atomic E-state index is 12.5. The van der Waals surface area contributed by atoms with E-state index in [1.54, 1.807) is 12.1 Å². The molecule has 1 saturated carbocycles. The average Bonchev–Trinajstić information content (AvgIpc) is 2.63. The fourth-order valence-corrected chi connectivity index (χ4v) is 3.24. The number of halogens is 3. The van der Waals surface area contributed by atoms with Crippen molar-refractivity contribution in [3.8, 4) is 5.75 Å². The van der Waals surface area contributed by atoms with Crippen LogP contribution in [0.5, 0.6) is 5.75 Å². The molecule has 6 heteroatoms. The Bertz CT molecular complexity index is 733. The molecule has 1 aliphatic carbocycles. The highest BCUT2D eigenvalue weighted by Gasteiger charge is 2.30. The molecule has 0 aromatic heterocycles. The molecule has 3 rings (SSSR count). The molecule has 138 valence electrons. The quantitative estimate of drug-likeness (QED) is 0.689. The molecule has 0 spiro atoms. The minimum atomic E-state index is -4.40. The number of rotatable bonds is 3. The van der Waals surface area contributed by atoms with Gasteiger partial charge in [-0.05, 0) is 60.7 Å². The molecule has 1 amide bonds. The van der Waals surface area contributed by atoms with Crippen LogP contribution in [0, 0.1) is 0 Å². The standard InChI is InChI=1S/C20H20F3NO2/c21-20(22,23)16-8-10-17(11-9-16)24-19(25)26-18-12-6-15(7-13-18)14-4-2-1-3-5-14/h6-14H,1-5H2,(H,24,25). The van der Waals surface area contributed by atoms with Crippen LogP contribution in [-0.4, -0.2) is 6.09 Å². The second-order valence-electron chi connectivity index (χ2n) is 6.49. The van der Waals surface area contributed by atoms with Crippen LogP contribution in [0.15, 0.2) is 48.5 Å². The van der Waals surface area contributed by atoms with Gasteiger partial charge in [0.25, 0.3) is 0 Å². The van der Waals surface area contributed by atoms with Crippen molar-refractivity contribution in [2.45, 2.75) is 44.2 Å². The van der Waals surface area contributed by atoms with E-state index in [-0.39, 0.29) is 5.69 Å². The van der Waals surface area contributed by atoms with Gasteiger partial charge in [-0.25, -0.2) is 4.79 Å². The lowest BCUT2D eigenvalue weighted by Gasteiger charge is -2.22. The molecular weight excluding hydrogens is 343 g/mol. The highest BCUT2D eigenvalue weighted by atomic mass is 19.4. The summed E-state index contributed by atoms with van der Waals surface area (Å²) in [6.07, 6.45) is 1.02. The first-order valence-corrected chi connectivity index (χ1v) is 8.68. The molecule has 0 bridgehead atoms. The Morgan fingerprint density at radius 2 is 1.54 bits per heavy atom. The molecule has 0 heterocycles. The molecule has 2 aromatic carbocycles. The van der Waals surface area contributed by atoms with Gasteiger partial charge in [-0.2, -0.15) is 13.2 Å². The van der Waals surface area contributed by atoms with Crippen LogP contribution in [0.3, 0.4) is 0 Å². The predicted molar refractivity (Wildman–Crippen MR) is 93.4 cm³/mol. The number of amides is 1. The van der Waals surface area contributed by atoms with Crippen LogP contribution in [0.25, 0.3) is 0 Å². The van der Waals surface area contributed by atoms with Crippen molar-refractivity contribution in [1.29, 1.82) is 0 Å². The zero-order valence-electron chi connectivity index (χ0n) is 14.2. The Morgan fingerprint density at radius 1 is 0.923 bits per heavy atom. The molecular formula is C20H20F3NO2. The Balaban J connectivity index is 1.56. The third-order valence-electron chi connectivity index (χ3n) is 4.63. The van der Waals surface area contributed by atoms with E-state index in [9.17, 15) is 18.0 Å². The Hall–Kier alpha value is -2.50. The number of alkyl halides is 3. The molecule has 1 N–H and O–H groups in total. The largest absolute Gasteiger partial charge is 0.417 e. The summed E-state index contributed by atoms with van der Waals surface area (Å²) in [5.74, 6) is 0.966. The van der Waals surface area contributed by atoms with E-state index < -0.39 is 17.8 Å². The van der Waals surface area contributed by atoms with Crippen LogP contribution < -0.4 is 10.1 Å². The Labute approximate surface area is 150 Å². The molecule has 26 heavy (non-hydrogen) atoms. The lowest BCUT2D eigenvalue weighted by molar-refractivity contribution is -0.137. The van der Waals surface area contributed by atoms with Gasteiger partial charge in [0.1, 0.15) is 5.75 Å². The lowest BCUT2D eigenvalue weighted by atomic mass is 9.84. The Kier molecular flexibility index (Phi) is 5.49. The van der Waals surface area contributed by atoms with Crippen molar-refractivity contribution < 1.29 is 22.7 Å². The number of nitrogens with one attached hydrogen (secondary N) is 1. The molecule has 0 atom stereocenters. The van der Waals surface area contributed by atoms with Gasteiger partial charge in [0.15, 0.2) is 0 Å². The molecule has 2 aromatic rings. The van der Waals surface area contributed by atoms with Gasteiger partial charge in [-0.3, -0.25) is 5.32 Å². The fourth-order valence-electron chi connectivity index (χ4n) is 3.24. The zero-order chi connectivity index (χ0) is 18.6. The maximum Gasteiger partial charge on any atom is 0.417 e. The highest BCUT2D eigenvalue weighted by molar-refractivity contribution is 5.86. The topological polar surface area (TPSA) is 38.3 Å². The highest BCUT2D eigenvalue weighted by Crippen LogP contribution is 2.33. The number of hydrogen-bond acceptors (Lipinski definition) is 2. The van der Waals surface area contributed by atoms with E-state index in [1.807, 2.05) is 12.1 Å². The summed E-state index contributed by atoms with van der Waals surface area (Å²) in [5.41, 5.74) is 0.719. The van der Waals surface area contributed by atoms with Crippen LogP contribution in [-0.2, 0) is 6.18 Å². The molecule has 0 aliphatic heterocycles. The van der Waals surface area contributed by atoms with Gasteiger partial charge in [-0.15, -0.1) is 0 Å². The van der Waals surface area contributed by atoms with E-state index in [2.05, 4.69) is 5.32 Å². The van der Waals surface area contributed by atoms with E-state index in [0.717, 1.165) is 12.1 Å². The molecule has 0 radical (unpaired) electrons. The smallest absolute Gasteiger partial charge is 0.410 e. The SMILES string of the molecule is O=C(Nc1ccc(C(F)(F)F)cc1)Oc1ccc(C2CCCCC2)cc1. The second-order valence-corrected chi connectivity index (χ2v) is 6.49. The number of ether oxygens (including phenoxy) is 1. The van der Waals surface area contributed by atoms with Crippen LogP contribution >= 0.6 is 0 Å². The van der Waals surface area contributed by atoms with E-state index in [0.29, 0.717) is 11.7 Å². The number of carbonyl (C=O) groups is 1. The van der Waals surface area contributed by atoms with Crippen molar-refractivity contribution in [3.05, 3.63) is 59.7 Å². The minimum Gasteiger partial charge on any atom is -0.410 e. The van der Waals surface area contributed by atoms with E-state index >= 15 is 0 Å². The van der Waals surface area contributed by atoms with Gasteiger partial charge in [0.05, 0.1) is 5.56 Å². The van der Waals surface area contributed by atoms with Gasteiger partial charge in [-0.1, -0.05) is 31.4 Å². The van der Waals surface area contributed by atoms with Crippen LogP contribution in [0.1, 0.15) is 49.1 Å².